The summed E-state index contributed by atoms with van der Waals surface area (Å²) in [6.07, 6.45) is -3.60. The van der Waals surface area contributed by atoms with Crippen molar-refractivity contribution < 1.29 is 22.7 Å². The predicted octanol–water partition coefficient (Wildman–Crippen LogP) is 2.90. The number of amides is 1. The lowest BCUT2D eigenvalue weighted by molar-refractivity contribution is -0.167. The number of carbonyl (C=O) groups is 1. The highest BCUT2D eigenvalue weighted by atomic mass is 19.4. The van der Waals surface area contributed by atoms with Crippen LogP contribution in [0.15, 0.2) is 18.8 Å². The van der Waals surface area contributed by atoms with Gasteiger partial charge >= 0.3 is 12.1 Å². The number of halogens is 3. The monoisotopic (exact) mass is 274 g/mol. The average molecular weight is 274 g/mol. The highest BCUT2D eigenvalue weighted by Gasteiger charge is 2.38. The number of anilines is 1. The lowest BCUT2D eigenvalue weighted by Crippen LogP contribution is -2.30. The third-order valence-electron chi connectivity index (χ3n) is 2.21. The van der Waals surface area contributed by atoms with Gasteiger partial charge in [0.15, 0.2) is 0 Å². The van der Waals surface area contributed by atoms with Gasteiger partial charge in [0.1, 0.15) is 11.5 Å². The van der Waals surface area contributed by atoms with Crippen molar-refractivity contribution in [3.8, 4) is 0 Å². The molecule has 0 radical (unpaired) electrons. The van der Waals surface area contributed by atoms with E-state index in [9.17, 15) is 18.0 Å². The molecule has 1 N–H and O–H groups in total. The fraction of sp³-hybridized carbons (Fsp3) is 0.333. The highest BCUT2D eigenvalue weighted by molar-refractivity contribution is 5.95. The van der Waals surface area contributed by atoms with E-state index in [4.69, 9.17) is 4.74 Å². The predicted molar refractivity (Wildman–Crippen MR) is 64.3 cm³/mol. The van der Waals surface area contributed by atoms with Gasteiger partial charge in [0.25, 0.3) is 0 Å². The van der Waals surface area contributed by atoms with Gasteiger partial charge in [-0.3, -0.25) is 9.78 Å². The number of rotatable bonds is 4. The second-order valence-corrected chi connectivity index (χ2v) is 3.69. The smallest absolute Gasteiger partial charge is 0.471 e. The summed E-state index contributed by atoms with van der Waals surface area (Å²) >= 11 is 0. The molecule has 1 rings (SSSR count). The summed E-state index contributed by atoms with van der Waals surface area (Å²) in [5.74, 6) is -1.81. The first-order chi connectivity index (χ1) is 8.75. The van der Waals surface area contributed by atoms with Crippen molar-refractivity contribution in [3.05, 3.63) is 30.1 Å². The molecule has 1 aromatic rings. The Balaban J connectivity index is 2.98. The van der Waals surface area contributed by atoms with Crippen LogP contribution in [0.1, 0.15) is 18.2 Å². The molecule has 7 heteroatoms. The molecule has 1 amide bonds. The van der Waals surface area contributed by atoms with E-state index in [0.717, 1.165) is 0 Å². The number of ether oxygens (including phenoxy) is 1. The molecule has 104 valence electrons. The van der Waals surface area contributed by atoms with E-state index in [1.807, 2.05) is 0 Å². The molecule has 0 aliphatic heterocycles. The van der Waals surface area contributed by atoms with Gasteiger partial charge in [0.05, 0.1) is 6.61 Å². The van der Waals surface area contributed by atoms with Gasteiger partial charge in [-0.05, 0) is 25.5 Å². The molecule has 0 bridgehead atoms. The number of nitrogens with zero attached hydrogens (tertiary/aromatic N) is 1. The van der Waals surface area contributed by atoms with Crippen molar-refractivity contribution in [3.63, 3.8) is 0 Å². The minimum atomic E-state index is -4.94. The van der Waals surface area contributed by atoms with Gasteiger partial charge in [-0.2, -0.15) is 13.2 Å². The van der Waals surface area contributed by atoms with Crippen LogP contribution < -0.4 is 5.32 Å². The second-order valence-electron chi connectivity index (χ2n) is 3.69. The Hall–Kier alpha value is -2.05. The summed E-state index contributed by atoms with van der Waals surface area (Å²) in [7, 11) is 0. The molecule has 0 aromatic carbocycles. The van der Waals surface area contributed by atoms with Crippen LogP contribution >= 0.6 is 0 Å². The van der Waals surface area contributed by atoms with E-state index in [-0.39, 0.29) is 17.1 Å². The fourth-order valence-corrected chi connectivity index (χ4v) is 1.25. The van der Waals surface area contributed by atoms with Crippen molar-refractivity contribution in [1.82, 2.24) is 4.98 Å². The van der Waals surface area contributed by atoms with E-state index in [1.165, 1.54) is 19.2 Å². The fourth-order valence-electron chi connectivity index (χ4n) is 1.25. The van der Waals surface area contributed by atoms with Gasteiger partial charge in [0, 0.05) is 11.9 Å². The zero-order valence-corrected chi connectivity index (χ0v) is 10.5. The molecule has 0 fully saturated rings. The minimum absolute atomic E-state index is 0.0215. The topological polar surface area (TPSA) is 51.2 Å². The number of aromatic nitrogens is 1. The van der Waals surface area contributed by atoms with Gasteiger partial charge in [-0.25, -0.2) is 0 Å². The van der Waals surface area contributed by atoms with E-state index in [0.29, 0.717) is 12.2 Å². The number of alkyl halides is 3. The standard InChI is InChI=1S/C12H13F3N2O2/c1-4-19-8(3)10-5-9(7(2)6-16-10)17-11(18)12(13,14)15/h5-6H,3-4H2,1-2H3,(H,16,17,18). The Bertz CT molecular complexity index is 498. The third kappa shape index (κ3) is 3.97. The Morgan fingerprint density at radius 2 is 2.16 bits per heavy atom. The average Bonchev–Trinajstić information content (AvgIpc) is 2.30. The van der Waals surface area contributed by atoms with Crippen molar-refractivity contribution in [2.75, 3.05) is 11.9 Å². The first-order valence-electron chi connectivity index (χ1n) is 5.42. The van der Waals surface area contributed by atoms with E-state index in [2.05, 4.69) is 11.6 Å². The number of aryl methyl sites for hydroxylation is 1. The number of hydrogen-bond acceptors (Lipinski definition) is 3. The zero-order valence-electron chi connectivity index (χ0n) is 10.5. The first kappa shape index (κ1) is 15.0. The molecule has 1 heterocycles. The number of nitrogens with one attached hydrogen (secondary N) is 1. The molecule has 0 saturated heterocycles. The van der Waals surface area contributed by atoms with Crippen LogP contribution in [0.25, 0.3) is 5.76 Å². The summed E-state index contributed by atoms with van der Waals surface area (Å²) in [4.78, 5) is 14.9. The summed E-state index contributed by atoms with van der Waals surface area (Å²) < 4.78 is 41.6. The van der Waals surface area contributed by atoms with Crippen LogP contribution in [0, 0.1) is 6.92 Å². The Morgan fingerprint density at radius 1 is 1.53 bits per heavy atom. The van der Waals surface area contributed by atoms with Gasteiger partial charge < -0.3 is 10.1 Å². The molecule has 19 heavy (non-hydrogen) atoms. The van der Waals surface area contributed by atoms with Crippen molar-refractivity contribution in [1.29, 1.82) is 0 Å². The molecule has 0 spiro atoms. The van der Waals surface area contributed by atoms with Gasteiger partial charge in [-0.1, -0.05) is 6.58 Å². The largest absolute Gasteiger partial charge is 0.492 e. The molecule has 0 unspecified atom stereocenters. The molecule has 0 atom stereocenters. The van der Waals surface area contributed by atoms with Crippen LogP contribution in [0.2, 0.25) is 0 Å². The quantitative estimate of drug-likeness (QED) is 0.859. The van der Waals surface area contributed by atoms with Crippen molar-refractivity contribution in [2.45, 2.75) is 20.0 Å². The lowest BCUT2D eigenvalue weighted by atomic mass is 10.2. The number of hydrogen-bond donors (Lipinski definition) is 1. The molecule has 0 aliphatic rings. The van der Waals surface area contributed by atoms with Crippen molar-refractivity contribution in [2.24, 2.45) is 0 Å². The molecule has 1 aromatic heterocycles. The summed E-state index contributed by atoms with van der Waals surface area (Å²) in [5.41, 5.74) is 0.698. The van der Waals surface area contributed by atoms with E-state index >= 15 is 0 Å². The maximum Gasteiger partial charge on any atom is 0.471 e. The van der Waals surface area contributed by atoms with Crippen LogP contribution in [0.4, 0.5) is 18.9 Å². The third-order valence-corrected chi connectivity index (χ3v) is 2.21. The highest BCUT2D eigenvalue weighted by Crippen LogP contribution is 2.23. The first-order valence-corrected chi connectivity index (χ1v) is 5.42. The number of carbonyl (C=O) groups excluding carboxylic acids is 1. The Kier molecular flexibility index (Phi) is 4.52. The van der Waals surface area contributed by atoms with Crippen molar-refractivity contribution >= 4 is 17.4 Å². The van der Waals surface area contributed by atoms with Crippen LogP contribution in [0.3, 0.4) is 0 Å². The Labute approximate surface area is 108 Å². The summed E-state index contributed by atoms with van der Waals surface area (Å²) in [5, 5.41) is 1.79. The van der Waals surface area contributed by atoms with Crippen LogP contribution in [-0.4, -0.2) is 23.7 Å². The summed E-state index contributed by atoms with van der Waals surface area (Å²) in [6, 6.07) is 1.29. The number of pyridine rings is 1. The van der Waals surface area contributed by atoms with Crippen LogP contribution in [0.5, 0.6) is 0 Å². The summed E-state index contributed by atoms with van der Waals surface area (Å²) in [6.45, 7) is 7.23. The minimum Gasteiger partial charge on any atom is -0.492 e. The Morgan fingerprint density at radius 3 is 2.68 bits per heavy atom. The second kappa shape index (κ2) is 5.73. The molecule has 0 saturated carbocycles. The molecule has 4 nitrogen and oxygen atoms in total. The molecular weight excluding hydrogens is 261 g/mol. The van der Waals surface area contributed by atoms with E-state index in [1.54, 1.807) is 12.2 Å². The normalized spacial score (nSPS) is 11.0. The molecule has 0 aliphatic carbocycles. The SMILES string of the molecule is C=C(OCC)c1cc(NC(=O)C(F)(F)F)c(C)cn1. The lowest BCUT2D eigenvalue weighted by Gasteiger charge is -2.12. The van der Waals surface area contributed by atoms with E-state index < -0.39 is 12.1 Å². The molecular formula is C12H13F3N2O2. The van der Waals surface area contributed by atoms with Crippen LogP contribution in [-0.2, 0) is 9.53 Å². The maximum absolute atomic E-state index is 12.2. The van der Waals surface area contributed by atoms with Gasteiger partial charge in [0.2, 0.25) is 0 Å². The zero-order chi connectivity index (χ0) is 14.6. The maximum atomic E-state index is 12.2. The van der Waals surface area contributed by atoms with Gasteiger partial charge in [-0.15, -0.1) is 0 Å².